The van der Waals surface area contributed by atoms with Crippen LogP contribution in [-0.4, -0.2) is 29.6 Å². The van der Waals surface area contributed by atoms with Crippen LogP contribution in [-0.2, 0) is 4.43 Å². The van der Waals surface area contributed by atoms with E-state index in [1.807, 2.05) is 0 Å². The largest absolute Gasteiger partial charge is 0.557 e. The molecule has 0 aliphatic heterocycles. The van der Waals surface area contributed by atoms with Crippen molar-refractivity contribution in [2.75, 3.05) is 0 Å². The molecular weight excluding hydrogens is 284 g/mol. The molecular formula is C13H34OSi4. The SMILES string of the molecule is CC(C)=CO[Si]([Si](C)(C)C)([Si](C)(C)C)[Si](C)(C)C. The van der Waals surface area contributed by atoms with Crippen LogP contribution in [0.3, 0.4) is 0 Å². The zero-order valence-electron chi connectivity index (χ0n) is 14.5. The second kappa shape index (κ2) is 5.42. The Labute approximate surface area is 119 Å². The molecule has 0 unspecified atom stereocenters. The molecule has 0 aliphatic carbocycles. The Morgan fingerprint density at radius 1 is 0.667 bits per heavy atom. The molecule has 0 saturated carbocycles. The first kappa shape index (κ1) is 18.4. The number of allylic oxidation sites excluding steroid dienone is 1. The van der Waals surface area contributed by atoms with E-state index in [4.69, 9.17) is 4.43 Å². The molecule has 0 amide bonds. The molecule has 0 aromatic rings. The van der Waals surface area contributed by atoms with E-state index in [0.29, 0.717) is 0 Å². The number of hydrogen-bond donors (Lipinski definition) is 0. The Morgan fingerprint density at radius 3 is 1.11 bits per heavy atom. The first-order valence-corrected chi connectivity index (χ1v) is 22.4. The van der Waals surface area contributed by atoms with Gasteiger partial charge >= 0.3 is 0 Å². The Kier molecular flexibility index (Phi) is 5.54. The highest BCUT2D eigenvalue weighted by Crippen LogP contribution is 2.38. The van der Waals surface area contributed by atoms with Crippen LogP contribution in [0.25, 0.3) is 0 Å². The van der Waals surface area contributed by atoms with Gasteiger partial charge in [-0.05, 0) is 19.4 Å². The fourth-order valence-corrected chi connectivity index (χ4v) is 97.0. The average Bonchev–Trinajstić information content (AvgIpc) is 1.94. The molecule has 0 saturated heterocycles. The number of rotatable bonds is 5. The summed E-state index contributed by atoms with van der Waals surface area (Å²) in [5.74, 6) is 0. The van der Waals surface area contributed by atoms with Gasteiger partial charge in [0.15, 0.2) is 0 Å². The van der Waals surface area contributed by atoms with Gasteiger partial charge < -0.3 is 4.43 Å². The standard InChI is InChI=1S/C13H34OSi4/c1-13(2)12-14-18(15(3,4)5,16(6,7)8)17(9,10)11/h12H,1-11H3. The van der Waals surface area contributed by atoms with Gasteiger partial charge in [0.2, 0.25) is 6.87 Å². The Bertz CT molecular complexity index is 275. The third-order valence-electron chi connectivity index (χ3n) is 3.64. The van der Waals surface area contributed by atoms with E-state index < -0.39 is 29.6 Å². The van der Waals surface area contributed by atoms with Crippen molar-refractivity contribution in [2.24, 2.45) is 0 Å². The summed E-state index contributed by atoms with van der Waals surface area (Å²) >= 11 is 0. The van der Waals surface area contributed by atoms with Crippen LogP contribution in [0.4, 0.5) is 0 Å². The maximum absolute atomic E-state index is 6.75. The minimum absolute atomic E-state index is 1.28. The van der Waals surface area contributed by atoms with Crippen molar-refractivity contribution >= 4 is 29.6 Å². The second-order valence-corrected chi connectivity index (χ2v) is 48.2. The predicted molar refractivity (Wildman–Crippen MR) is 96.3 cm³/mol. The molecule has 0 heterocycles. The predicted octanol–water partition coefficient (Wildman–Crippen LogP) is 5.12. The van der Waals surface area contributed by atoms with Crippen molar-refractivity contribution in [3.8, 4) is 0 Å². The normalized spacial score (nSPS) is 14.4. The molecule has 5 heteroatoms. The quantitative estimate of drug-likeness (QED) is 0.505. The van der Waals surface area contributed by atoms with E-state index in [1.165, 1.54) is 5.57 Å². The maximum atomic E-state index is 6.75. The summed E-state index contributed by atoms with van der Waals surface area (Å²) in [6.45, 7) is 25.6. The van der Waals surface area contributed by atoms with E-state index in [1.54, 1.807) is 0 Å². The molecule has 108 valence electrons. The van der Waals surface area contributed by atoms with E-state index >= 15 is 0 Å². The van der Waals surface area contributed by atoms with Crippen LogP contribution in [0, 0.1) is 0 Å². The van der Waals surface area contributed by atoms with Gasteiger partial charge in [-0.3, -0.25) is 0 Å². The van der Waals surface area contributed by atoms with Crippen molar-refractivity contribution in [1.29, 1.82) is 0 Å². The van der Waals surface area contributed by atoms with Gasteiger partial charge in [0.1, 0.15) is 0 Å². The van der Waals surface area contributed by atoms with Crippen molar-refractivity contribution in [2.45, 2.75) is 72.8 Å². The molecule has 0 N–H and O–H groups in total. The highest BCUT2D eigenvalue weighted by atomic mass is 29.9. The molecule has 0 aromatic heterocycles. The van der Waals surface area contributed by atoms with Gasteiger partial charge in [-0.2, -0.15) is 0 Å². The Morgan fingerprint density at radius 2 is 0.944 bits per heavy atom. The summed E-state index contributed by atoms with van der Waals surface area (Å²) in [7, 11) is -3.84. The lowest BCUT2D eigenvalue weighted by atomic mass is 10.4. The number of hydrogen-bond acceptors (Lipinski definition) is 1. The van der Waals surface area contributed by atoms with Gasteiger partial charge in [-0.1, -0.05) is 58.9 Å². The van der Waals surface area contributed by atoms with Crippen LogP contribution in [0.5, 0.6) is 0 Å². The molecule has 0 fully saturated rings. The van der Waals surface area contributed by atoms with Gasteiger partial charge in [-0.15, -0.1) is 0 Å². The first-order chi connectivity index (χ1) is 7.67. The maximum Gasteiger partial charge on any atom is 0.205 e. The second-order valence-electron chi connectivity index (χ2n) is 8.74. The summed E-state index contributed by atoms with van der Waals surface area (Å²) in [6.07, 6.45) is 2.10. The zero-order chi connectivity index (χ0) is 15.0. The molecule has 0 atom stereocenters. The van der Waals surface area contributed by atoms with Crippen molar-refractivity contribution in [1.82, 2.24) is 0 Å². The lowest BCUT2D eigenvalue weighted by Crippen LogP contribution is -2.83. The van der Waals surface area contributed by atoms with Crippen molar-refractivity contribution < 1.29 is 4.43 Å². The van der Waals surface area contributed by atoms with Crippen molar-refractivity contribution in [3.63, 3.8) is 0 Å². The molecule has 0 aromatic carbocycles. The molecule has 18 heavy (non-hydrogen) atoms. The van der Waals surface area contributed by atoms with E-state index in [-0.39, 0.29) is 0 Å². The molecule has 1 nitrogen and oxygen atoms in total. The summed E-state index contributed by atoms with van der Waals surface area (Å²) in [4.78, 5) is 0. The summed E-state index contributed by atoms with van der Waals surface area (Å²) < 4.78 is 6.75. The minimum Gasteiger partial charge on any atom is -0.557 e. The van der Waals surface area contributed by atoms with Crippen molar-refractivity contribution in [3.05, 3.63) is 11.8 Å². The van der Waals surface area contributed by atoms with Gasteiger partial charge in [0.05, 0.1) is 29.0 Å². The smallest absolute Gasteiger partial charge is 0.205 e. The van der Waals surface area contributed by atoms with E-state index in [0.717, 1.165) is 0 Å². The van der Waals surface area contributed by atoms with Crippen LogP contribution < -0.4 is 0 Å². The van der Waals surface area contributed by atoms with Gasteiger partial charge in [-0.25, -0.2) is 0 Å². The Balaban J connectivity index is 6.00. The molecule has 0 spiro atoms. The summed E-state index contributed by atoms with van der Waals surface area (Å²) in [5.41, 5.74) is 1.31. The highest BCUT2D eigenvalue weighted by molar-refractivity contribution is 7.87. The van der Waals surface area contributed by atoms with Crippen LogP contribution >= 0.6 is 0 Å². The van der Waals surface area contributed by atoms with Crippen LogP contribution in [0.2, 0.25) is 58.9 Å². The van der Waals surface area contributed by atoms with Crippen LogP contribution in [0.1, 0.15) is 13.8 Å². The third-order valence-corrected chi connectivity index (χ3v) is 71.0. The first-order valence-electron chi connectivity index (χ1n) is 6.98. The molecule has 0 aliphatic rings. The lowest BCUT2D eigenvalue weighted by Gasteiger charge is -2.55. The van der Waals surface area contributed by atoms with Gasteiger partial charge in [0.25, 0.3) is 0 Å². The van der Waals surface area contributed by atoms with Crippen LogP contribution in [0.15, 0.2) is 11.8 Å². The molecule has 0 radical (unpaired) electrons. The summed E-state index contributed by atoms with van der Waals surface area (Å²) in [5, 5.41) is 0. The van der Waals surface area contributed by atoms with E-state index in [2.05, 4.69) is 79.0 Å². The topological polar surface area (TPSA) is 9.23 Å². The van der Waals surface area contributed by atoms with Gasteiger partial charge in [0, 0.05) is 0 Å². The highest BCUT2D eigenvalue weighted by Gasteiger charge is 2.64. The Hall–Kier alpha value is 0.408. The minimum atomic E-state index is -1.62. The van der Waals surface area contributed by atoms with E-state index in [9.17, 15) is 0 Å². The monoisotopic (exact) mass is 318 g/mol. The summed E-state index contributed by atoms with van der Waals surface area (Å²) in [6, 6.07) is 0. The fraction of sp³-hybridized carbons (Fsp3) is 0.846. The fourth-order valence-electron chi connectivity index (χ4n) is 4.11. The third kappa shape index (κ3) is 3.49. The lowest BCUT2D eigenvalue weighted by molar-refractivity contribution is 0.500. The molecule has 0 bridgehead atoms. The zero-order valence-corrected chi connectivity index (χ0v) is 18.5. The average molecular weight is 319 g/mol. The molecule has 0 rings (SSSR count).